The highest BCUT2D eigenvalue weighted by molar-refractivity contribution is 6.67. The first kappa shape index (κ1) is 11.9. The molecule has 1 aromatic carbocycles. The molecule has 0 unspecified atom stereocenters. The van der Waals surface area contributed by atoms with Crippen molar-refractivity contribution in [1.82, 2.24) is 9.55 Å². The van der Waals surface area contributed by atoms with E-state index in [1.165, 1.54) is 0 Å². The first-order valence-corrected chi connectivity index (χ1v) is 6.27. The van der Waals surface area contributed by atoms with E-state index in [0.717, 1.165) is 22.2 Å². The van der Waals surface area contributed by atoms with Gasteiger partial charge in [-0.25, -0.2) is 4.98 Å². The minimum Gasteiger partial charge on any atom is -0.307 e. The van der Waals surface area contributed by atoms with Crippen LogP contribution in [0.5, 0.6) is 0 Å². The second-order valence-corrected chi connectivity index (χ2v) is 4.73. The van der Waals surface area contributed by atoms with E-state index in [2.05, 4.69) is 4.98 Å². The molecule has 3 rings (SSSR count). The number of nitrogens with zero attached hydrogens (tertiary/aromatic N) is 2. The molecule has 2 heterocycles. The predicted molar refractivity (Wildman–Crippen MR) is 76.0 cm³/mol. The zero-order valence-corrected chi connectivity index (χ0v) is 11.1. The van der Waals surface area contributed by atoms with E-state index in [1.807, 2.05) is 48.0 Å². The molecule has 0 aliphatic heterocycles. The van der Waals surface area contributed by atoms with Gasteiger partial charge >= 0.3 is 0 Å². The van der Waals surface area contributed by atoms with Crippen LogP contribution < -0.4 is 0 Å². The fourth-order valence-corrected chi connectivity index (χ4v) is 2.39. The summed E-state index contributed by atoms with van der Waals surface area (Å²) in [6.45, 7) is 1.86. The van der Waals surface area contributed by atoms with Crippen molar-refractivity contribution in [2.45, 2.75) is 6.92 Å². The number of hydrogen-bond donors (Lipinski definition) is 0. The Morgan fingerprint density at radius 1 is 1.21 bits per heavy atom. The first-order valence-electron chi connectivity index (χ1n) is 5.89. The van der Waals surface area contributed by atoms with Gasteiger partial charge in [-0.2, -0.15) is 0 Å². The average Bonchev–Trinajstić information content (AvgIpc) is 2.80. The Hall–Kier alpha value is -2.13. The van der Waals surface area contributed by atoms with Gasteiger partial charge in [0.15, 0.2) is 0 Å². The van der Waals surface area contributed by atoms with Crippen molar-refractivity contribution in [2.75, 3.05) is 0 Å². The molecule has 0 atom stereocenters. The Morgan fingerprint density at radius 2 is 2.00 bits per heavy atom. The largest absolute Gasteiger partial charge is 0.307 e. The zero-order chi connectivity index (χ0) is 13.4. The molecule has 19 heavy (non-hydrogen) atoms. The molecule has 0 saturated heterocycles. The van der Waals surface area contributed by atoms with E-state index in [1.54, 1.807) is 12.4 Å². The molecule has 0 saturated carbocycles. The van der Waals surface area contributed by atoms with Crippen molar-refractivity contribution in [3.8, 4) is 5.82 Å². The average molecular weight is 271 g/mol. The summed E-state index contributed by atoms with van der Waals surface area (Å²) in [5, 5.41) is 1.70. The Labute approximate surface area is 115 Å². The van der Waals surface area contributed by atoms with Crippen molar-refractivity contribution in [2.24, 2.45) is 0 Å². The van der Waals surface area contributed by atoms with E-state index in [4.69, 9.17) is 11.6 Å². The number of pyridine rings is 1. The van der Waals surface area contributed by atoms with E-state index in [-0.39, 0.29) is 0 Å². The molecular weight excluding hydrogens is 260 g/mol. The molecule has 0 bridgehead atoms. The molecule has 4 heteroatoms. The van der Waals surface area contributed by atoms with Crippen LogP contribution in [0.2, 0.25) is 0 Å². The third-order valence-electron chi connectivity index (χ3n) is 3.13. The summed E-state index contributed by atoms with van der Waals surface area (Å²) in [5.74, 6) is 0.797. The number of carbonyl (C=O) groups is 1. The Balaban J connectivity index is 2.25. The highest BCUT2D eigenvalue weighted by atomic mass is 35.5. The maximum absolute atomic E-state index is 11.3. The molecule has 0 aliphatic carbocycles. The smallest absolute Gasteiger partial charge is 0.254 e. The van der Waals surface area contributed by atoms with Crippen LogP contribution >= 0.6 is 11.6 Å². The lowest BCUT2D eigenvalue weighted by Crippen LogP contribution is -1.95. The van der Waals surface area contributed by atoms with E-state index >= 15 is 0 Å². The van der Waals surface area contributed by atoms with Crippen LogP contribution in [0.3, 0.4) is 0 Å². The lowest BCUT2D eigenvalue weighted by atomic mass is 10.1. The van der Waals surface area contributed by atoms with Gasteiger partial charge in [0.2, 0.25) is 0 Å². The summed E-state index contributed by atoms with van der Waals surface area (Å²) in [4.78, 5) is 15.7. The third-order valence-corrected chi connectivity index (χ3v) is 3.34. The summed E-state index contributed by atoms with van der Waals surface area (Å²) in [6.07, 6.45) is 5.35. The highest BCUT2D eigenvalue weighted by Crippen LogP contribution is 2.22. The van der Waals surface area contributed by atoms with E-state index in [9.17, 15) is 4.79 Å². The van der Waals surface area contributed by atoms with Gasteiger partial charge in [0, 0.05) is 24.0 Å². The highest BCUT2D eigenvalue weighted by Gasteiger charge is 2.12. The summed E-state index contributed by atoms with van der Waals surface area (Å²) in [7, 11) is 0. The van der Waals surface area contributed by atoms with Crippen LogP contribution in [0.25, 0.3) is 16.6 Å². The lowest BCUT2D eigenvalue weighted by Gasteiger charge is -2.05. The number of hydrogen-bond acceptors (Lipinski definition) is 2. The molecule has 94 valence electrons. The van der Waals surface area contributed by atoms with Gasteiger partial charge in [0.1, 0.15) is 5.82 Å². The minimum absolute atomic E-state index is 0.448. The van der Waals surface area contributed by atoms with Crippen LogP contribution in [0.15, 0.2) is 48.9 Å². The Bertz CT molecular complexity index is 771. The summed E-state index contributed by atoms with van der Waals surface area (Å²) >= 11 is 5.55. The fourth-order valence-electron chi connectivity index (χ4n) is 2.19. The quantitative estimate of drug-likeness (QED) is 0.665. The molecule has 3 nitrogen and oxygen atoms in total. The second kappa shape index (κ2) is 4.52. The topological polar surface area (TPSA) is 34.9 Å². The van der Waals surface area contributed by atoms with E-state index < -0.39 is 5.24 Å². The number of fused-ring (bicyclic) bond motifs is 1. The minimum atomic E-state index is -0.448. The monoisotopic (exact) mass is 270 g/mol. The van der Waals surface area contributed by atoms with Gasteiger partial charge in [-0.05, 0) is 35.5 Å². The van der Waals surface area contributed by atoms with Crippen LogP contribution in [0.4, 0.5) is 0 Å². The van der Waals surface area contributed by atoms with Gasteiger partial charge in [-0.15, -0.1) is 0 Å². The van der Waals surface area contributed by atoms with Gasteiger partial charge < -0.3 is 4.57 Å². The fraction of sp³-hybridized carbons (Fsp3) is 0.0667. The van der Waals surface area contributed by atoms with Crippen molar-refractivity contribution in [3.05, 3.63) is 60.0 Å². The Morgan fingerprint density at radius 3 is 2.74 bits per heavy atom. The number of aromatic nitrogens is 2. The predicted octanol–water partition coefficient (Wildman–Crippen LogP) is 3.71. The SMILES string of the molecule is Cc1cn(-c2nccc3ccccc23)cc1C(=O)Cl. The molecular formula is C15H11ClN2O. The first-order chi connectivity index (χ1) is 9.16. The maximum atomic E-state index is 11.3. The van der Waals surface area contributed by atoms with Gasteiger partial charge in [-0.1, -0.05) is 24.3 Å². The van der Waals surface area contributed by atoms with Gasteiger partial charge in [0.25, 0.3) is 5.24 Å². The zero-order valence-electron chi connectivity index (χ0n) is 10.3. The summed E-state index contributed by atoms with van der Waals surface area (Å²) < 4.78 is 1.84. The van der Waals surface area contributed by atoms with Crippen molar-refractivity contribution in [1.29, 1.82) is 0 Å². The van der Waals surface area contributed by atoms with Crippen molar-refractivity contribution < 1.29 is 4.79 Å². The molecule has 3 aromatic rings. The van der Waals surface area contributed by atoms with Crippen LogP contribution in [0.1, 0.15) is 15.9 Å². The van der Waals surface area contributed by atoms with Crippen LogP contribution in [0, 0.1) is 6.92 Å². The van der Waals surface area contributed by atoms with Crippen LogP contribution in [-0.4, -0.2) is 14.8 Å². The molecule has 0 fully saturated rings. The van der Waals surface area contributed by atoms with Crippen LogP contribution in [-0.2, 0) is 0 Å². The number of rotatable bonds is 2. The lowest BCUT2D eigenvalue weighted by molar-refractivity contribution is 0.108. The van der Waals surface area contributed by atoms with E-state index in [0.29, 0.717) is 5.56 Å². The van der Waals surface area contributed by atoms with Crippen molar-refractivity contribution in [3.63, 3.8) is 0 Å². The summed E-state index contributed by atoms with van der Waals surface area (Å²) in [5.41, 5.74) is 1.35. The molecule has 0 amide bonds. The molecule has 0 radical (unpaired) electrons. The standard InChI is InChI=1S/C15H11ClN2O/c1-10-8-18(9-13(10)14(16)19)15-12-5-3-2-4-11(12)6-7-17-15/h2-9H,1H3. The number of carbonyl (C=O) groups excluding carboxylic acids is 1. The van der Waals surface area contributed by atoms with Gasteiger partial charge in [-0.3, -0.25) is 4.79 Å². The van der Waals surface area contributed by atoms with Crippen molar-refractivity contribution >= 4 is 27.6 Å². The maximum Gasteiger partial charge on any atom is 0.254 e. The van der Waals surface area contributed by atoms with Gasteiger partial charge in [0.05, 0.1) is 5.56 Å². The molecule has 0 aliphatic rings. The second-order valence-electron chi connectivity index (χ2n) is 4.39. The molecule has 0 spiro atoms. The number of benzene rings is 1. The molecule has 0 N–H and O–H groups in total. The number of aryl methyl sites for hydroxylation is 1. The third kappa shape index (κ3) is 2.02. The summed E-state index contributed by atoms with van der Waals surface area (Å²) in [6, 6.07) is 9.96. The molecule has 2 aromatic heterocycles. The normalized spacial score (nSPS) is 10.8. The number of halogens is 1. The Kier molecular flexibility index (Phi) is 2.84.